The topological polar surface area (TPSA) is 71.8 Å². The van der Waals surface area contributed by atoms with Crippen molar-refractivity contribution in [1.29, 1.82) is 0 Å². The molecule has 0 radical (unpaired) electrons. The van der Waals surface area contributed by atoms with Gasteiger partial charge in [-0.25, -0.2) is 0 Å². The van der Waals surface area contributed by atoms with E-state index in [0.717, 1.165) is 11.1 Å². The zero-order valence-electron chi connectivity index (χ0n) is 11.0. The molecule has 0 amide bonds. The van der Waals surface area contributed by atoms with Gasteiger partial charge >= 0.3 is 0 Å². The van der Waals surface area contributed by atoms with Crippen LogP contribution in [-0.2, 0) is 6.42 Å². The van der Waals surface area contributed by atoms with Crippen LogP contribution in [0.15, 0.2) is 51.9 Å². The van der Waals surface area contributed by atoms with Gasteiger partial charge in [0.1, 0.15) is 0 Å². The summed E-state index contributed by atoms with van der Waals surface area (Å²) < 4.78 is 5.26. The molecule has 0 spiro atoms. The summed E-state index contributed by atoms with van der Waals surface area (Å²) in [5.74, 6) is 1.03. The number of H-pyrrole nitrogens is 1. The SMILES string of the molecule is Cc1ccccc1Cc1nc(-c2ccc(=O)[nH]c2)no1. The Labute approximate surface area is 115 Å². The molecule has 5 heteroatoms. The highest BCUT2D eigenvalue weighted by Gasteiger charge is 2.10. The average molecular weight is 267 g/mol. The number of rotatable bonds is 3. The van der Waals surface area contributed by atoms with E-state index in [4.69, 9.17) is 4.52 Å². The number of hydrogen-bond donors (Lipinski definition) is 1. The largest absolute Gasteiger partial charge is 0.339 e. The normalized spacial score (nSPS) is 10.7. The van der Waals surface area contributed by atoms with E-state index in [0.29, 0.717) is 18.1 Å². The van der Waals surface area contributed by atoms with Gasteiger partial charge in [0.25, 0.3) is 0 Å². The predicted octanol–water partition coefficient (Wildman–Crippen LogP) is 2.32. The predicted molar refractivity (Wildman–Crippen MR) is 74.3 cm³/mol. The summed E-state index contributed by atoms with van der Waals surface area (Å²) in [6, 6.07) is 11.2. The molecule has 1 aromatic carbocycles. The van der Waals surface area contributed by atoms with Crippen molar-refractivity contribution in [2.45, 2.75) is 13.3 Å². The molecule has 0 bridgehead atoms. The van der Waals surface area contributed by atoms with Crippen molar-refractivity contribution in [1.82, 2.24) is 15.1 Å². The Morgan fingerprint density at radius 2 is 2.05 bits per heavy atom. The van der Waals surface area contributed by atoms with Gasteiger partial charge in [0.15, 0.2) is 0 Å². The van der Waals surface area contributed by atoms with Crippen LogP contribution in [0.1, 0.15) is 17.0 Å². The van der Waals surface area contributed by atoms with E-state index in [1.54, 1.807) is 12.3 Å². The number of aryl methyl sites for hydroxylation is 1. The van der Waals surface area contributed by atoms with E-state index in [9.17, 15) is 4.79 Å². The third-order valence-electron chi connectivity index (χ3n) is 3.11. The van der Waals surface area contributed by atoms with Crippen LogP contribution in [-0.4, -0.2) is 15.1 Å². The van der Waals surface area contributed by atoms with Crippen molar-refractivity contribution >= 4 is 0 Å². The van der Waals surface area contributed by atoms with E-state index < -0.39 is 0 Å². The molecule has 0 saturated carbocycles. The molecule has 3 rings (SSSR count). The van der Waals surface area contributed by atoms with Crippen LogP contribution in [0, 0.1) is 6.92 Å². The molecule has 0 aliphatic heterocycles. The second kappa shape index (κ2) is 5.13. The first-order valence-corrected chi connectivity index (χ1v) is 6.28. The fourth-order valence-electron chi connectivity index (χ4n) is 1.96. The average Bonchev–Trinajstić information content (AvgIpc) is 2.91. The van der Waals surface area contributed by atoms with Crippen LogP contribution in [0.4, 0.5) is 0 Å². The molecule has 0 aliphatic carbocycles. The van der Waals surface area contributed by atoms with Crippen molar-refractivity contribution < 1.29 is 4.52 Å². The Bertz CT molecular complexity index is 769. The van der Waals surface area contributed by atoms with Crippen LogP contribution in [0.5, 0.6) is 0 Å². The van der Waals surface area contributed by atoms with Gasteiger partial charge in [0.2, 0.25) is 17.3 Å². The lowest BCUT2D eigenvalue weighted by atomic mass is 10.1. The Morgan fingerprint density at radius 3 is 2.80 bits per heavy atom. The summed E-state index contributed by atoms with van der Waals surface area (Å²) >= 11 is 0. The number of aromatic amines is 1. The molecular weight excluding hydrogens is 254 g/mol. The third kappa shape index (κ3) is 2.51. The Hall–Kier alpha value is -2.69. The van der Waals surface area contributed by atoms with Crippen molar-refractivity contribution in [3.05, 3.63) is 70.0 Å². The van der Waals surface area contributed by atoms with Crippen molar-refractivity contribution in [3.8, 4) is 11.4 Å². The molecule has 20 heavy (non-hydrogen) atoms. The zero-order chi connectivity index (χ0) is 13.9. The molecular formula is C15H13N3O2. The molecule has 0 atom stereocenters. The quantitative estimate of drug-likeness (QED) is 0.790. The number of nitrogens with zero attached hydrogens (tertiary/aromatic N) is 2. The minimum atomic E-state index is -0.155. The van der Waals surface area contributed by atoms with Crippen molar-refractivity contribution in [2.24, 2.45) is 0 Å². The molecule has 5 nitrogen and oxygen atoms in total. The summed E-state index contributed by atoms with van der Waals surface area (Å²) in [5, 5.41) is 3.93. The van der Waals surface area contributed by atoms with E-state index >= 15 is 0 Å². The van der Waals surface area contributed by atoms with Gasteiger partial charge in [0.05, 0.1) is 6.42 Å². The third-order valence-corrected chi connectivity index (χ3v) is 3.11. The maximum absolute atomic E-state index is 11.0. The van der Waals surface area contributed by atoms with Gasteiger partial charge in [-0.05, 0) is 24.1 Å². The van der Waals surface area contributed by atoms with Crippen molar-refractivity contribution in [3.63, 3.8) is 0 Å². The van der Waals surface area contributed by atoms with Crippen molar-refractivity contribution in [2.75, 3.05) is 0 Å². The molecule has 0 saturated heterocycles. The van der Waals surface area contributed by atoms with Crippen LogP contribution in [0.3, 0.4) is 0 Å². The molecule has 0 aliphatic rings. The minimum Gasteiger partial charge on any atom is -0.339 e. The monoisotopic (exact) mass is 267 g/mol. The lowest BCUT2D eigenvalue weighted by Gasteiger charge is -2.00. The highest BCUT2D eigenvalue weighted by atomic mass is 16.5. The van der Waals surface area contributed by atoms with E-state index in [2.05, 4.69) is 28.1 Å². The summed E-state index contributed by atoms with van der Waals surface area (Å²) in [6.45, 7) is 2.05. The first-order valence-electron chi connectivity index (χ1n) is 6.28. The molecule has 100 valence electrons. The van der Waals surface area contributed by atoms with Gasteiger partial charge in [0, 0.05) is 17.8 Å². The van der Waals surface area contributed by atoms with E-state index in [-0.39, 0.29) is 5.56 Å². The zero-order valence-corrected chi connectivity index (χ0v) is 11.0. The lowest BCUT2D eigenvalue weighted by Crippen LogP contribution is -2.01. The Morgan fingerprint density at radius 1 is 1.20 bits per heavy atom. The summed E-state index contributed by atoms with van der Waals surface area (Å²) in [4.78, 5) is 18.0. The van der Waals surface area contributed by atoms with Gasteiger partial charge in [-0.3, -0.25) is 4.79 Å². The molecule has 3 aromatic rings. The summed E-state index contributed by atoms with van der Waals surface area (Å²) in [6.07, 6.45) is 2.17. The smallest absolute Gasteiger partial charge is 0.247 e. The minimum absolute atomic E-state index is 0.155. The van der Waals surface area contributed by atoms with Gasteiger partial charge < -0.3 is 9.51 Å². The Kier molecular flexibility index (Phi) is 3.16. The highest BCUT2D eigenvalue weighted by molar-refractivity contribution is 5.51. The van der Waals surface area contributed by atoms with Gasteiger partial charge in [-0.1, -0.05) is 29.4 Å². The molecule has 0 unspecified atom stereocenters. The second-order valence-electron chi connectivity index (χ2n) is 4.56. The standard InChI is InChI=1S/C15H13N3O2/c1-10-4-2-3-5-11(10)8-14-17-15(18-20-14)12-6-7-13(19)16-9-12/h2-7,9H,8H2,1H3,(H,16,19). The fraction of sp³-hybridized carbons (Fsp3) is 0.133. The van der Waals surface area contributed by atoms with E-state index in [1.165, 1.54) is 11.6 Å². The maximum atomic E-state index is 11.0. The summed E-state index contributed by atoms with van der Waals surface area (Å²) in [7, 11) is 0. The Balaban J connectivity index is 1.85. The van der Waals surface area contributed by atoms with Crippen LogP contribution in [0.25, 0.3) is 11.4 Å². The van der Waals surface area contributed by atoms with E-state index in [1.807, 2.05) is 18.2 Å². The number of aromatic nitrogens is 3. The number of nitrogens with one attached hydrogen (secondary N) is 1. The first-order chi connectivity index (χ1) is 9.72. The first kappa shape index (κ1) is 12.3. The number of benzene rings is 1. The molecule has 2 aromatic heterocycles. The molecule has 1 N–H and O–H groups in total. The number of pyridine rings is 1. The lowest BCUT2D eigenvalue weighted by molar-refractivity contribution is 0.385. The van der Waals surface area contributed by atoms with Gasteiger partial charge in [-0.2, -0.15) is 4.98 Å². The van der Waals surface area contributed by atoms with Crippen LogP contribution >= 0.6 is 0 Å². The maximum Gasteiger partial charge on any atom is 0.247 e. The molecule has 0 fully saturated rings. The molecule has 2 heterocycles. The fourth-order valence-corrected chi connectivity index (χ4v) is 1.96. The second-order valence-corrected chi connectivity index (χ2v) is 4.56. The number of hydrogen-bond acceptors (Lipinski definition) is 4. The van der Waals surface area contributed by atoms with Gasteiger partial charge in [-0.15, -0.1) is 0 Å². The summed E-state index contributed by atoms with van der Waals surface area (Å²) in [5.41, 5.74) is 2.92. The van der Waals surface area contributed by atoms with Crippen LogP contribution < -0.4 is 5.56 Å². The highest BCUT2D eigenvalue weighted by Crippen LogP contribution is 2.16. The van der Waals surface area contributed by atoms with Crippen LogP contribution in [0.2, 0.25) is 0 Å².